The zero-order valence-corrected chi connectivity index (χ0v) is 14.4. The number of nitrogens with zero attached hydrogens (tertiary/aromatic N) is 1. The second kappa shape index (κ2) is 8.64. The van der Waals surface area contributed by atoms with Gasteiger partial charge in [-0.2, -0.15) is 0 Å². The molecule has 1 aromatic rings. The van der Waals surface area contributed by atoms with Crippen LogP contribution in [0.1, 0.15) is 61.7 Å². The number of rotatable bonds is 7. The second-order valence-electron chi connectivity index (χ2n) is 6.71. The molecule has 1 amide bonds. The van der Waals surface area contributed by atoms with E-state index in [1.165, 1.54) is 13.5 Å². The minimum absolute atomic E-state index is 0.0404. The molecule has 25 heavy (non-hydrogen) atoms. The number of nitrogens with one attached hydrogen (secondary N) is 2. The quantitative estimate of drug-likeness (QED) is 0.677. The largest absolute Gasteiger partial charge is 0.481 e. The summed E-state index contributed by atoms with van der Waals surface area (Å²) in [6.45, 7) is 0. The minimum Gasteiger partial charge on any atom is -0.481 e. The van der Waals surface area contributed by atoms with Gasteiger partial charge in [-0.1, -0.05) is 32.1 Å². The number of aromatic nitrogens is 2. The molecule has 0 aromatic carbocycles. The van der Waals surface area contributed by atoms with Crippen LogP contribution in [0.2, 0.25) is 0 Å². The van der Waals surface area contributed by atoms with Gasteiger partial charge in [0.1, 0.15) is 5.56 Å². The van der Waals surface area contributed by atoms with Crippen molar-refractivity contribution in [2.24, 2.45) is 13.0 Å². The number of carboxylic acids is 1. The van der Waals surface area contributed by atoms with Crippen molar-refractivity contribution in [1.29, 1.82) is 0 Å². The highest BCUT2D eigenvalue weighted by molar-refractivity contribution is 5.93. The molecule has 1 fully saturated rings. The zero-order chi connectivity index (χ0) is 18.4. The molecular formula is C17H25N3O5. The summed E-state index contributed by atoms with van der Waals surface area (Å²) < 4.78 is 0.836. The van der Waals surface area contributed by atoms with Gasteiger partial charge in [0.05, 0.1) is 0 Å². The smallest absolute Gasteiger partial charge is 0.328 e. The average Bonchev–Trinajstić information content (AvgIpc) is 2.58. The summed E-state index contributed by atoms with van der Waals surface area (Å²) in [7, 11) is 1.29. The lowest BCUT2D eigenvalue weighted by Crippen LogP contribution is -2.42. The van der Waals surface area contributed by atoms with Gasteiger partial charge in [-0.25, -0.2) is 4.79 Å². The van der Waals surface area contributed by atoms with Crippen LogP contribution in [0.15, 0.2) is 15.8 Å². The number of aromatic amines is 1. The Balaban J connectivity index is 2.09. The van der Waals surface area contributed by atoms with Crippen LogP contribution in [0.25, 0.3) is 0 Å². The van der Waals surface area contributed by atoms with Crippen LogP contribution >= 0.6 is 0 Å². The minimum atomic E-state index is -0.914. The first-order valence-electron chi connectivity index (χ1n) is 8.70. The molecule has 138 valence electrons. The van der Waals surface area contributed by atoms with Crippen LogP contribution < -0.4 is 16.6 Å². The van der Waals surface area contributed by atoms with Crippen molar-refractivity contribution < 1.29 is 14.7 Å². The molecule has 1 aliphatic carbocycles. The van der Waals surface area contributed by atoms with Gasteiger partial charge < -0.3 is 15.4 Å². The first kappa shape index (κ1) is 19.0. The van der Waals surface area contributed by atoms with Gasteiger partial charge in [0, 0.05) is 25.7 Å². The fourth-order valence-corrected chi connectivity index (χ4v) is 3.36. The predicted molar refractivity (Wildman–Crippen MR) is 91.6 cm³/mol. The monoisotopic (exact) mass is 351 g/mol. The third kappa shape index (κ3) is 5.30. The van der Waals surface area contributed by atoms with Gasteiger partial charge in [0.15, 0.2) is 0 Å². The van der Waals surface area contributed by atoms with Crippen LogP contribution in [-0.4, -0.2) is 32.6 Å². The molecule has 0 saturated heterocycles. The fourth-order valence-electron chi connectivity index (χ4n) is 3.36. The highest BCUT2D eigenvalue weighted by Crippen LogP contribution is 2.28. The fraction of sp³-hybridized carbons (Fsp3) is 0.647. The lowest BCUT2D eigenvalue weighted by atomic mass is 9.84. The molecular weight excluding hydrogens is 326 g/mol. The molecule has 1 heterocycles. The van der Waals surface area contributed by atoms with Crippen molar-refractivity contribution in [3.63, 3.8) is 0 Å². The lowest BCUT2D eigenvalue weighted by molar-refractivity contribution is -0.137. The summed E-state index contributed by atoms with van der Waals surface area (Å²) in [5.74, 6) is -1.03. The summed E-state index contributed by atoms with van der Waals surface area (Å²) in [6.07, 6.45) is 7.80. The first-order chi connectivity index (χ1) is 11.9. The van der Waals surface area contributed by atoms with E-state index in [1.807, 2.05) is 0 Å². The summed E-state index contributed by atoms with van der Waals surface area (Å²) in [6, 6.07) is -0.302. The SMILES string of the molecule is Cn1c(=O)[nH]cc(C(=O)NC(CCC(=O)O)CC2CCCCC2)c1=O. The Kier molecular flexibility index (Phi) is 6.55. The van der Waals surface area contributed by atoms with Gasteiger partial charge in [0.2, 0.25) is 0 Å². The first-order valence-corrected chi connectivity index (χ1v) is 8.70. The molecule has 2 rings (SSSR count). The van der Waals surface area contributed by atoms with E-state index in [0.29, 0.717) is 18.8 Å². The number of H-pyrrole nitrogens is 1. The summed E-state index contributed by atoms with van der Waals surface area (Å²) in [5.41, 5.74) is -1.41. The normalized spacial score (nSPS) is 16.4. The third-order valence-corrected chi connectivity index (χ3v) is 4.81. The number of carbonyl (C=O) groups excluding carboxylic acids is 1. The van der Waals surface area contributed by atoms with Gasteiger partial charge in [-0.05, 0) is 18.8 Å². The molecule has 8 heteroatoms. The summed E-state index contributed by atoms with van der Waals surface area (Å²) >= 11 is 0. The van der Waals surface area contributed by atoms with Crippen molar-refractivity contribution in [1.82, 2.24) is 14.9 Å². The van der Waals surface area contributed by atoms with Crippen molar-refractivity contribution >= 4 is 11.9 Å². The molecule has 1 saturated carbocycles. The molecule has 0 radical (unpaired) electrons. The van der Waals surface area contributed by atoms with Crippen LogP contribution in [0.5, 0.6) is 0 Å². The number of amides is 1. The zero-order valence-electron chi connectivity index (χ0n) is 14.4. The van der Waals surface area contributed by atoms with Crippen molar-refractivity contribution in [3.8, 4) is 0 Å². The Morgan fingerprint density at radius 3 is 2.64 bits per heavy atom. The van der Waals surface area contributed by atoms with E-state index in [-0.39, 0.29) is 18.0 Å². The number of carboxylic acid groups (broad SMARTS) is 1. The Hall–Kier alpha value is -2.38. The molecule has 0 aliphatic heterocycles. The van der Waals surface area contributed by atoms with E-state index in [9.17, 15) is 19.2 Å². The highest BCUT2D eigenvalue weighted by Gasteiger charge is 2.23. The Morgan fingerprint density at radius 1 is 1.32 bits per heavy atom. The number of hydrogen-bond acceptors (Lipinski definition) is 4. The van der Waals surface area contributed by atoms with Gasteiger partial charge >= 0.3 is 11.7 Å². The standard InChI is InChI=1S/C17H25N3O5/c1-20-16(24)13(10-18-17(20)25)15(23)19-12(7-8-14(21)22)9-11-5-3-2-4-6-11/h10-12H,2-9H2,1H3,(H,18,25)(H,19,23)(H,21,22). The van der Waals surface area contributed by atoms with Crippen molar-refractivity contribution in [2.75, 3.05) is 0 Å². The molecule has 1 unspecified atom stereocenters. The number of aliphatic carboxylic acids is 1. The summed E-state index contributed by atoms with van der Waals surface area (Å²) in [4.78, 5) is 49.1. The van der Waals surface area contributed by atoms with E-state index in [1.54, 1.807) is 0 Å². The Morgan fingerprint density at radius 2 is 2.00 bits per heavy atom. The maximum atomic E-state index is 12.4. The van der Waals surface area contributed by atoms with Crippen molar-refractivity contribution in [3.05, 3.63) is 32.6 Å². The lowest BCUT2D eigenvalue weighted by Gasteiger charge is -2.27. The molecule has 1 atom stereocenters. The van der Waals surface area contributed by atoms with Gasteiger partial charge in [0.25, 0.3) is 11.5 Å². The highest BCUT2D eigenvalue weighted by atomic mass is 16.4. The molecule has 1 aromatic heterocycles. The molecule has 0 spiro atoms. The molecule has 3 N–H and O–H groups in total. The topological polar surface area (TPSA) is 121 Å². The third-order valence-electron chi connectivity index (χ3n) is 4.81. The van der Waals surface area contributed by atoms with Gasteiger partial charge in [-0.15, -0.1) is 0 Å². The van der Waals surface area contributed by atoms with Crippen molar-refractivity contribution in [2.45, 2.75) is 57.4 Å². The maximum Gasteiger partial charge on any atom is 0.328 e. The van der Waals surface area contributed by atoms with E-state index < -0.39 is 23.1 Å². The van der Waals surface area contributed by atoms with Crippen LogP contribution in [0, 0.1) is 5.92 Å². The average molecular weight is 351 g/mol. The number of carbonyl (C=O) groups is 2. The predicted octanol–water partition coefficient (Wildman–Crippen LogP) is 1.01. The van der Waals surface area contributed by atoms with E-state index in [2.05, 4.69) is 10.3 Å². The Bertz CT molecular complexity index is 731. The van der Waals surface area contributed by atoms with Gasteiger partial charge in [-0.3, -0.25) is 19.0 Å². The van der Waals surface area contributed by atoms with Crippen LogP contribution in [0.4, 0.5) is 0 Å². The van der Waals surface area contributed by atoms with Crippen LogP contribution in [-0.2, 0) is 11.8 Å². The molecule has 8 nitrogen and oxygen atoms in total. The Labute approximate surface area is 145 Å². The van der Waals surface area contributed by atoms with E-state index in [0.717, 1.165) is 36.4 Å². The molecule has 0 bridgehead atoms. The van der Waals surface area contributed by atoms with E-state index >= 15 is 0 Å². The maximum absolute atomic E-state index is 12.4. The van der Waals surface area contributed by atoms with Crippen LogP contribution in [0.3, 0.4) is 0 Å². The summed E-state index contributed by atoms with van der Waals surface area (Å²) in [5, 5.41) is 11.7. The van der Waals surface area contributed by atoms with E-state index in [4.69, 9.17) is 5.11 Å². The molecule has 1 aliphatic rings. The second-order valence-corrected chi connectivity index (χ2v) is 6.71. The number of hydrogen-bond donors (Lipinski definition) is 3.